The minimum Gasteiger partial charge on any atom is -0.363 e. The highest BCUT2D eigenvalue weighted by atomic mass is 35.5. The zero-order chi connectivity index (χ0) is 13.0. The molecule has 1 aromatic carbocycles. The van der Waals surface area contributed by atoms with Gasteiger partial charge in [-0.05, 0) is 25.5 Å². The van der Waals surface area contributed by atoms with Crippen molar-refractivity contribution in [3.05, 3.63) is 59.4 Å². The molecule has 0 unspecified atom stereocenters. The zero-order valence-electron chi connectivity index (χ0n) is 10.7. The third kappa shape index (κ3) is 3.23. The maximum atomic E-state index is 6.01. The van der Waals surface area contributed by atoms with Gasteiger partial charge < -0.3 is 4.90 Å². The molecule has 0 atom stereocenters. The average Bonchev–Trinajstić information content (AvgIpc) is 2.37. The molecule has 2 aromatic rings. The Kier molecular flexibility index (Phi) is 4.21. The van der Waals surface area contributed by atoms with Gasteiger partial charge in [0.15, 0.2) is 0 Å². The summed E-state index contributed by atoms with van der Waals surface area (Å²) < 4.78 is 0. The number of anilines is 1. The second-order valence-corrected chi connectivity index (χ2v) is 5.01. The Morgan fingerprint density at radius 3 is 2.50 bits per heavy atom. The van der Waals surface area contributed by atoms with Crippen molar-refractivity contribution in [2.24, 2.45) is 0 Å². The van der Waals surface area contributed by atoms with E-state index in [2.05, 4.69) is 48.0 Å². The summed E-state index contributed by atoms with van der Waals surface area (Å²) in [6.45, 7) is 5.20. The molecule has 0 N–H and O–H groups in total. The molecule has 3 heteroatoms. The molecule has 1 aromatic heterocycles. The van der Waals surface area contributed by atoms with Gasteiger partial charge in [0.1, 0.15) is 0 Å². The van der Waals surface area contributed by atoms with E-state index in [1.807, 2.05) is 18.3 Å². The zero-order valence-corrected chi connectivity index (χ0v) is 11.4. The Morgan fingerprint density at radius 1 is 1.17 bits per heavy atom. The van der Waals surface area contributed by atoms with Crippen LogP contribution >= 0.6 is 11.6 Å². The molecular formula is C15H17ClN2. The quantitative estimate of drug-likeness (QED) is 0.821. The van der Waals surface area contributed by atoms with Gasteiger partial charge in [0.05, 0.1) is 16.9 Å². The van der Waals surface area contributed by atoms with Crippen LogP contribution in [-0.2, 0) is 6.54 Å². The summed E-state index contributed by atoms with van der Waals surface area (Å²) in [6, 6.07) is 12.8. The molecule has 0 spiro atoms. The standard InChI is InChI=1S/C15H17ClN2/c1-12(2)18(11-13-6-4-3-5-7-13)15-8-14(16)9-17-10-15/h3-10,12H,11H2,1-2H3. The Bertz CT molecular complexity index is 497. The van der Waals surface area contributed by atoms with Crippen LogP contribution in [0, 0.1) is 0 Å². The summed E-state index contributed by atoms with van der Waals surface area (Å²) >= 11 is 6.01. The number of nitrogens with zero attached hydrogens (tertiary/aromatic N) is 2. The van der Waals surface area contributed by atoms with E-state index in [9.17, 15) is 0 Å². The molecular weight excluding hydrogens is 244 g/mol. The van der Waals surface area contributed by atoms with Crippen molar-refractivity contribution in [3.8, 4) is 0 Å². The third-order valence-electron chi connectivity index (χ3n) is 2.84. The first-order valence-corrected chi connectivity index (χ1v) is 6.46. The molecule has 0 aliphatic heterocycles. The maximum absolute atomic E-state index is 6.01. The van der Waals surface area contributed by atoms with Gasteiger partial charge in [-0.1, -0.05) is 41.9 Å². The van der Waals surface area contributed by atoms with E-state index in [0.29, 0.717) is 11.1 Å². The molecule has 1 heterocycles. The minimum atomic E-state index is 0.394. The number of benzene rings is 1. The summed E-state index contributed by atoms with van der Waals surface area (Å²) in [4.78, 5) is 6.44. The van der Waals surface area contributed by atoms with Crippen LogP contribution in [0.5, 0.6) is 0 Å². The highest BCUT2D eigenvalue weighted by Gasteiger charge is 2.11. The number of hydrogen-bond donors (Lipinski definition) is 0. The molecule has 2 nitrogen and oxygen atoms in total. The van der Waals surface area contributed by atoms with Crippen molar-refractivity contribution in [1.29, 1.82) is 0 Å². The maximum Gasteiger partial charge on any atom is 0.0609 e. The van der Waals surface area contributed by atoms with Crippen LogP contribution in [0.2, 0.25) is 5.02 Å². The molecule has 0 saturated carbocycles. The fourth-order valence-electron chi connectivity index (χ4n) is 1.91. The van der Waals surface area contributed by atoms with Crippen molar-refractivity contribution in [2.75, 3.05) is 4.90 Å². The molecule has 0 saturated heterocycles. The molecule has 18 heavy (non-hydrogen) atoms. The number of rotatable bonds is 4. The second kappa shape index (κ2) is 5.87. The molecule has 0 fully saturated rings. The van der Waals surface area contributed by atoms with Crippen molar-refractivity contribution < 1.29 is 0 Å². The predicted octanol–water partition coefficient (Wildman–Crippen LogP) is 4.15. The summed E-state index contributed by atoms with van der Waals surface area (Å²) in [7, 11) is 0. The minimum absolute atomic E-state index is 0.394. The lowest BCUT2D eigenvalue weighted by Crippen LogP contribution is -2.30. The van der Waals surface area contributed by atoms with Crippen LogP contribution in [0.15, 0.2) is 48.8 Å². The van der Waals surface area contributed by atoms with Crippen LogP contribution in [0.25, 0.3) is 0 Å². The van der Waals surface area contributed by atoms with E-state index in [1.54, 1.807) is 6.20 Å². The van der Waals surface area contributed by atoms with Gasteiger partial charge in [-0.3, -0.25) is 4.98 Å². The van der Waals surface area contributed by atoms with E-state index in [4.69, 9.17) is 11.6 Å². The molecule has 94 valence electrons. The van der Waals surface area contributed by atoms with Crippen molar-refractivity contribution in [2.45, 2.75) is 26.4 Å². The number of halogens is 1. The van der Waals surface area contributed by atoms with Gasteiger partial charge in [0.2, 0.25) is 0 Å². The summed E-state index contributed by atoms with van der Waals surface area (Å²) in [5, 5.41) is 0.672. The summed E-state index contributed by atoms with van der Waals surface area (Å²) in [5.74, 6) is 0. The first kappa shape index (κ1) is 12.9. The molecule has 0 bridgehead atoms. The summed E-state index contributed by atoms with van der Waals surface area (Å²) in [5.41, 5.74) is 2.34. The number of hydrogen-bond acceptors (Lipinski definition) is 2. The third-order valence-corrected chi connectivity index (χ3v) is 3.05. The lowest BCUT2D eigenvalue weighted by molar-refractivity contribution is 0.681. The number of aromatic nitrogens is 1. The van der Waals surface area contributed by atoms with Crippen LogP contribution in [0.1, 0.15) is 19.4 Å². The first-order chi connectivity index (χ1) is 8.66. The Labute approximate surface area is 113 Å². The van der Waals surface area contributed by atoms with E-state index < -0.39 is 0 Å². The normalized spacial score (nSPS) is 10.7. The highest BCUT2D eigenvalue weighted by Crippen LogP contribution is 2.22. The second-order valence-electron chi connectivity index (χ2n) is 4.57. The average molecular weight is 261 g/mol. The van der Waals surface area contributed by atoms with Gasteiger partial charge in [-0.15, -0.1) is 0 Å². The predicted molar refractivity (Wildman–Crippen MR) is 77.0 cm³/mol. The molecule has 0 aliphatic carbocycles. The smallest absolute Gasteiger partial charge is 0.0609 e. The highest BCUT2D eigenvalue weighted by molar-refractivity contribution is 6.30. The van der Waals surface area contributed by atoms with Gasteiger partial charge in [0, 0.05) is 18.8 Å². The first-order valence-electron chi connectivity index (χ1n) is 6.08. The van der Waals surface area contributed by atoms with Gasteiger partial charge in [-0.25, -0.2) is 0 Å². The Hall–Kier alpha value is -1.54. The Morgan fingerprint density at radius 2 is 1.89 bits per heavy atom. The van der Waals surface area contributed by atoms with Crippen LogP contribution in [0.4, 0.5) is 5.69 Å². The molecule has 0 aliphatic rings. The monoisotopic (exact) mass is 260 g/mol. The van der Waals surface area contributed by atoms with Crippen molar-refractivity contribution >= 4 is 17.3 Å². The molecule has 2 rings (SSSR count). The van der Waals surface area contributed by atoms with Gasteiger partial charge >= 0.3 is 0 Å². The van der Waals surface area contributed by atoms with E-state index in [0.717, 1.165) is 12.2 Å². The fraction of sp³-hybridized carbons (Fsp3) is 0.267. The van der Waals surface area contributed by atoms with Crippen molar-refractivity contribution in [3.63, 3.8) is 0 Å². The summed E-state index contributed by atoms with van der Waals surface area (Å²) in [6.07, 6.45) is 3.51. The van der Waals surface area contributed by atoms with E-state index in [1.165, 1.54) is 5.56 Å². The SMILES string of the molecule is CC(C)N(Cc1ccccc1)c1cncc(Cl)c1. The van der Waals surface area contributed by atoms with Gasteiger partial charge in [-0.2, -0.15) is 0 Å². The molecule has 0 radical (unpaired) electrons. The lowest BCUT2D eigenvalue weighted by Gasteiger charge is -2.29. The largest absolute Gasteiger partial charge is 0.363 e. The van der Waals surface area contributed by atoms with Crippen LogP contribution < -0.4 is 4.90 Å². The van der Waals surface area contributed by atoms with E-state index >= 15 is 0 Å². The van der Waals surface area contributed by atoms with E-state index in [-0.39, 0.29) is 0 Å². The number of pyridine rings is 1. The van der Waals surface area contributed by atoms with Crippen molar-refractivity contribution in [1.82, 2.24) is 4.98 Å². The van der Waals surface area contributed by atoms with Crippen LogP contribution in [-0.4, -0.2) is 11.0 Å². The lowest BCUT2D eigenvalue weighted by atomic mass is 10.1. The van der Waals surface area contributed by atoms with Crippen LogP contribution in [0.3, 0.4) is 0 Å². The van der Waals surface area contributed by atoms with Gasteiger partial charge in [0.25, 0.3) is 0 Å². The topological polar surface area (TPSA) is 16.1 Å². The Balaban J connectivity index is 2.24. The fourth-order valence-corrected chi connectivity index (χ4v) is 2.08. The molecule has 0 amide bonds.